The Balaban J connectivity index is 2.20. The Labute approximate surface area is 96.6 Å². The lowest BCUT2D eigenvalue weighted by atomic mass is 10.3. The lowest BCUT2D eigenvalue weighted by Crippen LogP contribution is -2.29. The van der Waals surface area contributed by atoms with Crippen LogP contribution in [0.4, 0.5) is 0 Å². The summed E-state index contributed by atoms with van der Waals surface area (Å²) < 4.78 is 5.53. The Morgan fingerprint density at radius 1 is 1.47 bits per heavy atom. The number of hydrogen-bond acceptors (Lipinski definition) is 2. The highest BCUT2D eigenvalue weighted by Crippen LogP contribution is 2.16. The Bertz CT molecular complexity index is 291. The van der Waals surface area contributed by atoms with Crippen LogP contribution in [0.1, 0.15) is 20.3 Å². The summed E-state index contributed by atoms with van der Waals surface area (Å²) in [7, 11) is 0. The summed E-state index contributed by atoms with van der Waals surface area (Å²) in [5, 5.41) is 4.07. The molecule has 0 aliphatic carbocycles. The van der Waals surface area contributed by atoms with Gasteiger partial charge in [-0.05, 0) is 31.5 Å². The Morgan fingerprint density at radius 3 is 2.93 bits per heavy atom. The van der Waals surface area contributed by atoms with Crippen molar-refractivity contribution >= 4 is 11.6 Å². The largest absolute Gasteiger partial charge is 0.492 e. The number of nitrogens with one attached hydrogen (secondary N) is 1. The van der Waals surface area contributed by atoms with Crippen molar-refractivity contribution in [3.63, 3.8) is 0 Å². The van der Waals surface area contributed by atoms with Gasteiger partial charge >= 0.3 is 0 Å². The first kappa shape index (κ1) is 12.3. The second-order valence-corrected chi connectivity index (χ2v) is 4.01. The molecule has 15 heavy (non-hydrogen) atoms. The molecule has 1 aromatic rings. The maximum absolute atomic E-state index is 5.83. The summed E-state index contributed by atoms with van der Waals surface area (Å²) in [5.41, 5.74) is 0. The lowest BCUT2D eigenvalue weighted by molar-refractivity contribution is 0.306. The van der Waals surface area contributed by atoms with Crippen molar-refractivity contribution in [2.45, 2.75) is 26.3 Å². The fraction of sp³-hybridized carbons (Fsp3) is 0.500. The van der Waals surface area contributed by atoms with E-state index in [2.05, 4.69) is 19.2 Å². The van der Waals surface area contributed by atoms with Gasteiger partial charge in [0.1, 0.15) is 12.4 Å². The first-order valence-corrected chi connectivity index (χ1v) is 5.72. The minimum absolute atomic E-state index is 0.549. The monoisotopic (exact) mass is 227 g/mol. The van der Waals surface area contributed by atoms with Gasteiger partial charge in [-0.3, -0.25) is 0 Å². The van der Waals surface area contributed by atoms with Crippen LogP contribution in [0.5, 0.6) is 5.75 Å². The Kier molecular flexibility index (Phi) is 5.51. The molecule has 1 aromatic carbocycles. The van der Waals surface area contributed by atoms with Crippen molar-refractivity contribution in [2.75, 3.05) is 13.2 Å². The lowest BCUT2D eigenvalue weighted by Gasteiger charge is -2.11. The maximum Gasteiger partial charge on any atom is 0.120 e. The molecule has 0 aliphatic heterocycles. The van der Waals surface area contributed by atoms with E-state index in [0.717, 1.165) is 18.7 Å². The molecule has 0 amide bonds. The molecule has 0 bridgehead atoms. The smallest absolute Gasteiger partial charge is 0.120 e. The van der Waals surface area contributed by atoms with Gasteiger partial charge < -0.3 is 10.1 Å². The average Bonchev–Trinajstić information content (AvgIpc) is 2.24. The van der Waals surface area contributed by atoms with E-state index >= 15 is 0 Å². The molecule has 0 aliphatic rings. The molecule has 2 nitrogen and oxygen atoms in total. The van der Waals surface area contributed by atoms with Gasteiger partial charge in [0.05, 0.1) is 0 Å². The fourth-order valence-electron chi connectivity index (χ4n) is 1.18. The van der Waals surface area contributed by atoms with E-state index in [9.17, 15) is 0 Å². The molecule has 0 aromatic heterocycles. The molecule has 0 spiro atoms. The van der Waals surface area contributed by atoms with E-state index in [4.69, 9.17) is 16.3 Å². The highest BCUT2D eigenvalue weighted by molar-refractivity contribution is 6.30. The molecule has 0 saturated carbocycles. The molecule has 1 atom stereocenters. The summed E-state index contributed by atoms with van der Waals surface area (Å²) in [6.45, 7) is 5.86. The maximum atomic E-state index is 5.83. The van der Waals surface area contributed by atoms with E-state index in [1.807, 2.05) is 24.3 Å². The molecule has 1 rings (SSSR count). The van der Waals surface area contributed by atoms with E-state index in [1.54, 1.807) is 0 Å². The van der Waals surface area contributed by atoms with Gasteiger partial charge in [-0.2, -0.15) is 0 Å². The quantitative estimate of drug-likeness (QED) is 0.755. The average molecular weight is 228 g/mol. The number of hydrogen-bond donors (Lipinski definition) is 1. The summed E-state index contributed by atoms with van der Waals surface area (Å²) >= 11 is 5.83. The molecule has 3 heteroatoms. The van der Waals surface area contributed by atoms with Crippen LogP contribution in [0.3, 0.4) is 0 Å². The van der Waals surface area contributed by atoms with Crippen molar-refractivity contribution in [2.24, 2.45) is 0 Å². The van der Waals surface area contributed by atoms with Gasteiger partial charge in [0, 0.05) is 17.6 Å². The third-order valence-electron chi connectivity index (χ3n) is 2.27. The van der Waals surface area contributed by atoms with Crippen LogP contribution < -0.4 is 10.1 Å². The van der Waals surface area contributed by atoms with Crippen LogP contribution in [0, 0.1) is 0 Å². The first-order chi connectivity index (χ1) is 7.22. The van der Waals surface area contributed by atoms with Crippen LogP contribution in [0.2, 0.25) is 5.02 Å². The normalized spacial score (nSPS) is 12.5. The van der Waals surface area contributed by atoms with Crippen molar-refractivity contribution in [3.8, 4) is 5.75 Å². The molecule has 0 heterocycles. The second kappa shape index (κ2) is 6.70. The zero-order valence-corrected chi connectivity index (χ0v) is 10.1. The van der Waals surface area contributed by atoms with E-state index in [0.29, 0.717) is 17.7 Å². The molecule has 84 valence electrons. The molecular weight excluding hydrogens is 210 g/mol. The first-order valence-electron chi connectivity index (χ1n) is 5.34. The summed E-state index contributed by atoms with van der Waals surface area (Å²) in [4.78, 5) is 0. The number of halogens is 1. The van der Waals surface area contributed by atoms with Crippen LogP contribution in [-0.2, 0) is 0 Å². The standard InChI is InChI=1S/C12H18ClNO/c1-3-10(2)14-7-8-15-12-6-4-5-11(13)9-12/h4-6,9-10,14H,3,7-8H2,1-2H3. The van der Waals surface area contributed by atoms with Crippen LogP contribution >= 0.6 is 11.6 Å². The zero-order chi connectivity index (χ0) is 11.1. The van der Waals surface area contributed by atoms with E-state index in [-0.39, 0.29) is 0 Å². The van der Waals surface area contributed by atoms with Gasteiger partial charge in [0.2, 0.25) is 0 Å². The van der Waals surface area contributed by atoms with E-state index in [1.165, 1.54) is 0 Å². The SMILES string of the molecule is CCC(C)NCCOc1cccc(Cl)c1. The highest BCUT2D eigenvalue weighted by atomic mass is 35.5. The van der Waals surface area contributed by atoms with Crippen molar-refractivity contribution in [1.29, 1.82) is 0 Å². The van der Waals surface area contributed by atoms with Gasteiger partial charge in [-0.1, -0.05) is 24.6 Å². The van der Waals surface area contributed by atoms with Crippen molar-refractivity contribution in [3.05, 3.63) is 29.3 Å². The minimum atomic E-state index is 0.549. The van der Waals surface area contributed by atoms with Crippen molar-refractivity contribution in [1.82, 2.24) is 5.32 Å². The zero-order valence-electron chi connectivity index (χ0n) is 9.29. The number of rotatable bonds is 6. The minimum Gasteiger partial charge on any atom is -0.492 e. The highest BCUT2D eigenvalue weighted by Gasteiger charge is 1.97. The van der Waals surface area contributed by atoms with Crippen LogP contribution in [0.25, 0.3) is 0 Å². The third-order valence-corrected chi connectivity index (χ3v) is 2.51. The summed E-state index contributed by atoms with van der Waals surface area (Å²) in [5.74, 6) is 0.827. The molecule has 0 radical (unpaired) electrons. The third kappa shape index (κ3) is 5.05. The summed E-state index contributed by atoms with van der Waals surface area (Å²) in [6, 6.07) is 8.01. The topological polar surface area (TPSA) is 21.3 Å². The van der Waals surface area contributed by atoms with E-state index < -0.39 is 0 Å². The second-order valence-electron chi connectivity index (χ2n) is 3.57. The Morgan fingerprint density at radius 2 is 2.27 bits per heavy atom. The number of benzene rings is 1. The predicted molar refractivity (Wildman–Crippen MR) is 64.7 cm³/mol. The van der Waals surface area contributed by atoms with Crippen LogP contribution in [-0.4, -0.2) is 19.2 Å². The molecule has 1 unspecified atom stereocenters. The van der Waals surface area contributed by atoms with Crippen molar-refractivity contribution < 1.29 is 4.74 Å². The predicted octanol–water partition coefficient (Wildman–Crippen LogP) is 3.11. The molecule has 0 fully saturated rings. The van der Waals surface area contributed by atoms with Gasteiger partial charge in [-0.15, -0.1) is 0 Å². The van der Waals surface area contributed by atoms with Gasteiger partial charge in [0.25, 0.3) is 0 Å². The van der Waals surface area contributed by atoms with Gasteiger partial charge in [-0.25, -0.2) is 0 Å². The number of ether oxygens (including phenoxy) is 1. The molecular formula is C12H18ClNO. The Hall–Kier alpha value is -0.730. The van der Waals surface area contributed by atoms with Crippen LogP contribution in [0.15, 0.2) is 24.3 Å². The summed E-state index contributed by atoms with van der Waals surface area (Å²) in [6.07, 6.45) is 1.14. The molecule has 0 saturated heterocycles. The molecule has 1 N–H and O–H groups in total. The fourth-order valence-corrected chi connectivity index (χ4v) is 1.36. The van der Waals surface area contributed by atoms with Gasteiger partial charge in [0.15, 0.2) is 0 Å².